The van der Waals surface area contributed by atoms with Gasteiger partial charge in [-0.1, -0.05) is 0 Å². The molecule has 0 aliphatic carbocycles. The lowest BCUT2D eigenvalue weighted by Crippen LogP contribution is -2.13. The summed E-state index contributed by atoms with van der Waals surface area (Å²) in [4.78, 5) is 20.0. The minimum Gasteiger partial charge on any atom is -0.497 e. The van der Waals surface area contributed by atoms with Crippen molar-refractivity contribution in [2.75, 3.05) is 14.2 Å². The highest BCUT2D eigenvalue weighted by molar-refractivity contribution is 5.75. The number of rotatable bonds is 7. The zero-order valence-corrected chi connectivity index (χ0v) is 17.0. The van der Waals surface area contributed by atoms with Crippen LogP contribution in [0.25, 0.3) is 22.4 Å². The molecule has 30 heavy (non-hydrogen) atoms. The molecular formula is C22H22N4O4. The molecule has 1 N–H and O–H groups in total. The third kappa shape index (κ3) is 3.71. The molecular weight excluding hydrogens is 384 g/mol. The quantitative estimate of drug-likeness (QED) is 0.506. The molecule has 0 aliphatic heterocycles. The topological polar surface area (TPSA) is 91.3 Å². The van der Waals surface area contributed by atoms with Crippen molar-refractivity contribution in [1.82, 2.24) is 19.7 Å². The van der Waals surface area contributed by atoms with Gasteiger partial charge in [0.05, 0.1) is 20.4 Å². The summed E-state index contributed by atoms with van der Waals surface area (Å²) in [5, 5.41) is 4.21. The second kappa shape index (κ2) is 8.28. The van der Waals surface area contributed by atoms with E-state index in [1.807, 2.05) is 49.4 Å². The highest BCUT2D eigenvalue weighted by atomic mass is 16.5. The van der Waals surface area contributed by atoms with Gasteiger partial charge in [0.15, 0.2) is 5.52 Å². The molecule has 154 valence electrons. The number of methoxy groups -OCH3 is 2. The molecule has 0 radical (unpaired) electrons. The van der Waals surface area contributed by atoms with Crippen molar-refractivity contribution in [2.24, 2.45) is 0 Å². The number of fused-ring (bicyclic) bond motifs is 1. The summed E-state index contributed by atoms with van der Waals surface area (Å²) < 4.78 is 18.2. The zero-order chi connectivity index (χ0) is 21.1. The Morgan fingerprint density at radius 1 is 1.03 bits per heavy atom. The monoisotopic (exact) mass is 406 g/mol. The molecule has 0 bridgehead atoms. The maximum atomic E-state index is 12.6. The molecule has 0 aliphatic rings. The van der Waals surface area contributed by atoms with Gasteiger partial charge < -0.3 is 19.2 Å². The number of H-pyrrole nitrogens is 1. The van der Waals surface area contributed by atoms with Crippen LogP contribution in [-0.2, 0) is 13.2 Å². The van der Waals surface area contributed by atoms with Crippen LogP contribution >= 0.6 is 0 Å². The van der Waals surface area contributed by atoms with Crippen LogP contribution in [0.1, 0.15) is 12.5 Å². The molecule has 0 amide bonds. The molecule has 0 saturated carbocycles. The van der Waals surface area contributed by atoms with Crippen LogP contribution in [0, 0.1) is 0 Å². The summed E-state index contributed by atoms with van der Waals surface area (Å²) in [5.41, 5.74) is 2.40. The number of benzene rings is 2. The first-order chi connectivity index (χ1) is 14.6. The minimum absolute atomic E-state index is 0.221. The molecule has 8 nitrogen and oxygen atoms in total. The van der Waals surface area contributed by atoms with Gasteiger partial charge in [-0.25, -0.2) is 4.98 Å². The molecule has 0 saturated heterocycles. The molecule has 2 heterocycles. The Morgan fingerprint density at radius 3 is 2.50 bits per heavy atom. The summed E-state index contributed by atoms with van der Waals surface area (Å²) in [6, 6.07) is 12.9. The number of ether oxygens (including phenoxy) is 3. The number of nitrogens with one attached hydrogen (secondary N) is 1. The van der Waals surface area contributed by atoms with E-state index in [2.05, 4.69) is 15.1 Å². The minimum atomic E-state index is -0.221. The number of hydrogen-bond donors (Lipinski definition) is 1. The van der Waals surface area contributed by atoms with Crippen LogP contribution < -0.4 is 19.8 Å². The van der Waals surface area contributed by atoms with E-state index in [4.69, 9.17) is 14.2 Å². The van der Waals surface area contributed by atoms with Crippen LogP contribution in [0.4, 0.5) is 0 Å². The van der Waals surface area contributed by atoms with E-state index >= 15 is 0 Å². The zero-order valence-electron chi connectivity index (χ0n) is 17.0. The van der Waals surface area contributed by atoms with E-state index in [9.17, 15) is 4.79 Å². The van der Waals surface area contributed by atoms with Gasteiger partial charge in [0.1, 0.15) is 35.2 Å². The van der Waals surface area contributed by atoms with Crippen LogP contribution in [-0.4, -0.2) is 34.0 Å². The van der Waals surface area contributed by atoms with Gasteiger partial charge in [0.2, 0.25) is 0 Å². The van der Waals surface area contributed by atoms with E-state index in [0.717, 1.165) is 16.9 Å². The molecule has 2 aromatic heterocycles. The van der Waals surface area contributed by atoms with Gasteiger partial charge in [-0.15, -0.1) is 0 Å². The van der Waals surface area contributed by atoms with Gasteiger partial charge >= 0.3 is 0 Å². The second-order valence-electron chi connectivity index (χ2n) is 6.60. The van der Waals surface area contributed by atoms with Gasteiger partial charge in [-0.05, 0) is 49.4 Å². The lowest BCUT2D eigenvalue weighted by molar-refractivity contribution is 0.296. The van der Waals surface area contributed by atoms with Crippen LogP contribution in [0.5, 0.6) is 17.2 Å². The van der Waals surface area contributed by atoms with E-state index in [-0.39, 0.29) is 5.56 Å². The summed E-state index contributed by atoms with van der Waals surface area (Å²) in [7, 11) is 3.23. The number of aromatic amines is 1. The lowest BCUT2D eigenvalue weighted by atomic mass is 10.1. The fourth-order valence-corrected chi connectivity index (χ4v) is 3.25. The number of aryl methyl sites for hydroxylation is 1. The molecule has 8 heteroatoms. The third-order valence-electron chi connectivity index (χ3n) is 4.81. The fourth-order valence-electron chi connectivity index (χ4n) is 3.25. The Morgan fingerprint density at radius 2 is 1.80 bits per heavy atom. The standard InChI is InChI=1S/C22H22N4O4/c1-4-26-20-18(12-23-26)24-21(25-22(20)27)14-5-10-19(29-3)15(11-14)13-30-17-8-6-16(28-2)7-9-17/h5-12H,4,13H2,1-3H3,(H,24,25,27). The molecule has 0 fully saturated rings. The first-order valence-corrected chi connectivity index (χ1v) is 9.53. The highest BCUT2D eigenvalue weighted by Crippen LogP contribution is 2.27. The van der Waals surface area contributed by atoms with Gasteiger partial charge in [-0.2, -0.15) is 5.10 Å². The Kier molecular flexibility index (Phi) is 5.38. The van der Waals surface area contributed by atoms with E-state index in [1.54, 1.807) is 25.1 Å². The smallest absolute Gasteiger partial charge is 0.277 e. The van der Waals surface area contributed by atoms with Gasteiger partial charge in [0.25, 0.3) is 5.56 Å². The van der Waals surface area contributed by atoms with Gasteiger partial charge in [0, 0.05) is 17.7 Å². The highest BCUT2D eigenvalue weighted by Gasteiger charge is 2.13. The fraction of sp³-hybridized carbons (Fsp3) is 0.227. The first-order valence-electron chi connectivity index (χ1n) is 9.53. The first kappa shape index (κ1) is 19.5. The number of hydrogen-bond acceptors (Lipinski definition) is 6. The molecule has 2 aromatic carbocycles. The normalized spacial score (nSPS) is 10.9. The molecule has 0 unspecified atom stereocenters. The average molecular weight is 406 g/mol. The maximum absolute atomic E-state index is 12.6. The average Bonchev–Trinajstić information content (AvgIpc) is 3.21. The van der Waals surface area contributed by atoms with Crippen LogP contribution in [0.3, 0.4) is 0 Å². The van der Waals surface area contributed by atoms with Crippen molar-refractivity contribution in [3.05, 3.63) is 64.6 Å². The molecule has 0 spiro atoms. The third-order valence-corrected chi connectivity index (χ3v) is 4.81. The number of aromatic nitrogens is 4. The van der Waals surface area contributed by atoms with Crippen molar-refractivity contribution < 1.29 is 14.2 Å². The van der Waals surface area contributed by atoms with Crippen molar-refractivity contribution in [3.63, 3.8) is 0 Å². The van der Waals surface area contributed by atoms with Gasteiger partial charge in [-0.3, -0.25) is 9.48 Å². The van der Waals surface area contributed by atoms with Crippen LogP contribution in [0.2, 0.25) is 0 Å². The SMILES string of the molecule is CCn1ncc2nc(-c3ccc(OC)c(COc4ccc(OC)cc4)c3)[nH]c(=O)c21. The number of nitrogens with zero attached hydrogens (tertiary/aromatic N) is 3. The maximum Gasteiger partial charge on any atom is 0.277 e. The summed E-state index contributed by atoms with van der Waals surface area (Å²) >= 11 is 0. The summed E-state index contributed by atoms with van der Waals surface area (Å²) in [5.74, 6) is 2.63. The summed E-state index contributed by atoms with van der Waals surface area (Å²) in [6.07, 6.45) is 1.61. The second-order valence-corrected chi connectivity index (χ2v) is 6.60. The lowest BCUT2D eigenvalue weighted by Gasteiger charge is -2.12. The largest absolute Gasteiger partial charge is 0.497 e. The molecule has 0 atom stereocenters. The van der Waals surface area contributed by atoms with Crippen molar-refractivity contribution in [3.8, 4) is 28.6 Å². The van der Waals surface area contributed by atoms with Crippen molar-refractivity contribution in [1.29, 1.82) is 0 Å². The Labute approximate surface area is 173 Å². The van der Waals surface area contributed by atoms with Crippen molar-refractivity contribution in [2.45, 2.75) is 20.1 Å². The van der Waals surface area contributed by atoms with E-state index in [0.29, 0.717) is 41.5 Å². The predicted octanol–water partition coefficient (Wildman–Crippen LogP) is 3.40. The Balaban J connectivity index is 1.65. The summed E-state index contributed by atoms with van der Waals surface area (Å²) in [6.45, 7) is 2.82. The molecule has 4 aromatic rings. The Hall–Kier alpha value is -3.81. The predicted molar refractivity (Wildman–Crippen MR) is 113 cm³/mol. The molecule has 4 rings (SSSR count). The van der Waals surface area contributed by atoms with Crippen molar-refractivity contribution >= 4 is 11.0 Å². The van der Waals surface area contributed by atoms with E-state index in [1.165, 1.54) is 0 Å². The van der Waals surface area contributed by atoms with E-state index < -0.39 is 0 Å². The van der Waals surface area contributed by atoms with Crippen LogP contribution in [0.15, 0.2) is 53.5 Å². The Bertz CT molecular complexity index is 1230.